The number of aromatic carboxylic acids is 1. The summed E-state index contributed by atoms with van der Waals surface area (Å²) in [5, 5.41) is 9.14. The SMILES string of the molecule is CC(C)C1N(Cc2cccc(C(=O)O)c2)CC12CCCCC2. The van der Waals surface area contributed by atoms with Gasteiger partial charge in [0.15, 0.2) is 0 Å². The van der Waals surface area contributed by atoms with Crippen molar-refractivity contribution in [2.75, 3.05) is 6.54 Å². The third-order valence-corrected chi connectivity index (χ3v) is 5.58. The van der Waals surface area contributed by atoms with E-state index in [0.717, 1.165) is 12.1 Å². The summed E-state index contributed by atoms with van der Waals surface area (Å²) in [5.41, 5.74) is 2.05. The van der Waals surface area contributed by atoms with Gasteiger partial charge in [0.25, 0.3) is 0 Å². The largest absolute Gasteiger partial charge is 0.478 e. The second-order valence-electron chi connectivity index (χ2n) is 7.52. The van der Waals surface area contributed by atoms with E-state index in [0.29, 0.717) is 22.9 Å². The first-order chi connectivity index (χ1) is 10.5. The highest BCUT2D eigenvalue weighted by Gasteiger charge is 2.52. The third kappa shape index (κ3) is 2.79. The molecule has 120 valence electrons. The van der Waals surface area contributed by atoms with E-state index < -0.39 is 5.97 Å². The number of hydrogen-bond donors (Lipinski definition) is 1. The molecule has 0 amide bonds. The number of nitrogens with zero attached hydrogens (tertiary/aromatic N) is 1. The molecule has 3 heteroatoms. The fraction of sp³-hybridized carbons (Fsp3) is 0.632. The average molecular weight is 301 g/mol. The van der Waals surface area contributed by atoms with E-state index in [-0.39, 0.29) is 0 Å². The molecule has 2 fully saturated rings. The maximum absolute atomic E-state index is 11.1. The van der Waals surface area contributed by atoms with E-state index in [9.17, 15) is 4.79 Å². The van der Waals surface area contributed by atoms with Crippen molar-refractivity contribution in [3.8, 4) is 0 Å². The Hall–Kier alpha value is -1.35. The zero-order valence-electron chi connectivity index (χ0n) is 13.7. The van der Waals surface area contributed by atoms with Crippen LogP contribution in [0.4, 0.5) is 0 Å². The molecule has 22 heavy (non-hydrogen) atoms. The number of hydrogen-bond acceptors (Lipinski definition) is 2. The minimum Gasteiger partial charge on any atom is -0.478 e. The monoisotopic (exact) mass is 301 g/mol. The average Bonchev–Trinajstić information content (AvgIpc) is 2.47. The first-order valence-corrected chi connectivity index (χ1v) is 8.58. The van der Waals surface area contributed by atoms with Crippen molar-refractivity contribution >= 4 is 5.97 Å². The lowest BCUT2D eigenvalue weighted by molar-refractivity contribution is -0.123. The van der Waals surface area contributed by atoms with Gasteiger partial charge in [-0.3, -0.25) is 4.90 Å². The van der Waals surface area contributed by atoms with Gasteiger partial charge in [0.1, 0.15) is 0 Å². The Morgan fingerprint density at radius 1 is 1.32 bits per heavy atom. The Labute approximate surface area is 133 Å². The van der Waals surface area contributed by atoms with Crippen LogP contribution >= 0.6 is 0 Å². The molecule has 1 atom stereocenters. The van der Waals surface area contributed by atoms with E-state index >= 15 is 0 Å². The normalized spacial score (nSPS) is 24.4. The summed E-state index contributed by atoms with van der Waals surface area (Å²) in [6.07, 6.45) is 6.91. The summed E-state index contributed by atoms with van der Waals surface area (Å²) in [6, 6.07) is 8.06. The summed E-state index contributed by atoms with van der Waals surface area (Å²) in [7, 11) is 0. The highest BCUT2D eigenvalue weighted by molar-refractivity contribution is 5.87. The van der Waals surface area contributed by atoms with Crippen LogP contribution in [0.3, 0.4) is 0 Å². The molecular weight excluding hydrogens is 274 g/mol. The van der Waals surface area contributed by atoms with Crippen LogP contribution in [0, 0.1) is 11.3 Å². The minimum absolute atomic E-state index is 0.395. The van der Waals surface area contributed by atoms with Crippen LogP contribution in [0.2, 0.25) is 0 Å². The van der Waals surface area contributed by atoms with E-state index in [4.69, 9.17) is 5.11 Å². The topological polar surface area (TPSA) is 40.5 Å². The van der Waals surface area contributed by atoms with Crippen LogP contribution in [0.1, 0.15) is 61.9 Å². The molecule has 1 aromatic carbocycles. The van der Waals surface area contributed by atoms with E-state index in [1.165, 1.54) is 38.6 Å². The van der Waals surface area contributed by atoms with Gasteiger partial charge in [0.2, 0.25) is 0 Å². The quantitative estimate of drug-likeness (QED) is 0.907. The lowest BCUT2D eigenvalue weighted by Gasteiger charge is -2.61. The van der Waals surface area contributed by atoms with Gasteiger partial charge in [-0.05, 0) is 41.9 Å². The van der Waals surface area contributed by atoms with Crippen LogP contribution in [0.5, 0.6) is 0 Å². The lowest BCUT2D eigenvalue weighted by atomic mass is 9.60. The highest BCUT2D eigenvalue weighted by Crippen LogP contribution is 2.51. The number of carboxylic acid groups (broad SMARTS) is 1. The van der Waals surface area contributed by atoms with Crippen LogP contribution in [0.15, 0.2) is 24.3 Å². The first kappa shape index (κ1) is 15.5. The molecule has 1 spiro atoms. The van der Waals surface area contributed by atoms with E-state index in [1.807, 2.05) is 12.1 Å². The van der Waals surface area contributed by atoms with E-state index in [2.05, 4.69) is 24.8 Å². The van der Waals surface area contributed by atoms with Crippen LogP contribution in [-0.2, 0) is 6.54 Å². The third-order valence-electron chi connectivity index (χ3n) is 5.58. The van der Waals surface area contributed by atoms with Crippen molar-refractivity contribution in [1.29, 1.82) is 0 Å². The van der Waals surface area contributed by atoms with Crippen LogP contribution in [0.25, 0.3) is 0 Å². The standard InChI is InChI=1S/C19H27NO2/c1-14(2)17-19(9-4-3-5-10-19)13-20(17)12-15-7-6-8-16(11-15)18(21)22/h6-8,11,14,17H,3-5,9-10,12-13H2,1-2H3,(H,21,22). The number of carboxylic acids is 1. The molecular formula is C19H27NO2. The number of likely N-dealkylation sites (tertiary alicyclic amines) is 1. The summed E-state index contributed by atoms with van der Waals surface area (Å²) in [4.78, 5) is 13.7. The molecule has 1 aliphatic heterocycles. The molecule has 2 aliphatic rings. The number of benzene rings is 1. The maximum atomic E-state index is 11.1. The summed E-state index contributed by atoms with van der Waals surface area (Å²) < 4.78 is 0. The highest BCUT2D eigenvalue weighted by atomic mass is 16.4. The van der Waals surface area contributed by atoms with Crippen molar-refractivity contribution in [3.05, 3.63) is 35.4 Å². The van der Waals surface area contributed by atoms with Gasteiger partial charge in [-0.1, -0.05) is 45.2 Å². The Bertz CT molecular complexity index is 546. The van der Waals surface area contributed by atoms with Crippen molar-refractivity contribution in [2.45, 2.75) is 58.5 Å². The summed E-state index contributed by atoms with van der Waals surface area (Å²) in [6.45, 7) is 6.74. The fourth-order valence-corrected chi connectivity index (χ4v) is 4.90. The molecule has 1 heterocycles. The van der Waals surface area contributed by atoms with Crippen molar-refractivity contribution < 1.29 is 9.90 Å². The Morgan fingerprint density at radius 3 is 2.68 bits per heavy atom. The molecule has 3 rings (SSSR count). The lowest BCUT2D eigenvalue weighted by Crippen LogP contribution is -2.66. The molecule has 0 aromatic heterocycles. The Morgan fingerprint density at radius 2 is 2.05 bits per heavy atom. The molecule has 0 radical (unpaired) electrons. The van der Waals surface area contributed by atoms with Crippen molar-refractivity contribution in [2.24, 2.45) is 11.3 Å². The molecule has 1 aromatic rings. The zero-order chi connectivity index (χ0) is 15.7. The molecule has 1 aliphatic carbocycles. The second-order valence-corrected chi connectivity index (χ2v) is 7.52. The molecule has 0 bridgehead atoms. The predicted octanol–water partition coefficient (Wildman–Crippen LogP) is 4.18. The first-order valence-electron chi connectivity index (χ1n) is 8.58. The summed E-state index contributed by atoms with van der Waals surface area (Å²) in [5.74, 6) is -0.177. The van der Waals surface area contributed by atoms with Gasteiger partial charge in [-0.25, -0.2) is 4.79 Å². The zero-order valence-corrected chi connectivity index (χ0v) is 13.7. The number of carbonyl (C=O) groups is 1. The smallest absolute Gasteiger partial charge is 0.335 e. The maximum Gasteiger partial charge on any atom is 0.335 e. The van der Waals surface area contributed by atoms with Crippen LogP contribution < -0.4 is 0 Å². The molecule has 1 saturated carbocycles. The van der Waals surface area contributed by atoms with Gasteiger partial charge in [0.05, 0.1) is 5.56 Å². The Kier molecular flexibility index (Phi) is 4.26. The van der Waals surface area contributed by atoms with Gasteiger partial charge >= 0.3 is 5.97 Å². The van der Waals surface area contributed by atoms with E-state index in [1.54, 1.807) is 6.07 Å². The van der Waals surface area contributed by atoms with Crippen LogP contribution in [-0.4, -0.2) is 28.6 Å². The molecule has 1 unspecified atom stereocenters. The molecule has 3 nitrogen and oxygen atoms in total. The minimum atomic E-state index is -0.838. The Balaban J connectivity index is 1.73. The van der Waals surface area contributed by atoms with Crippen molar-refractivity contribution in [3.63, 3.8) is 0 Å². The summed E-state index contributed by atoms with van der Waals surface area (Å²) >= 11 is 0. The van der Waals surface area contributed by atoms with Crippen molar-refractivity contribution in [1.82, 2.24) is 4.90 Å². The van der Waals surface area contributed by atoms with Gasteiger partial charge in [-0.2, -0.15) is 0 Å². The number of rotatable bonds is 4. The van der Waals surface area contributed by atoms with Gasteiger partial charge in [-0.15, -0.1) is 0 Å². The van der Waals surface area contributed by atoms with Gasteiger partial charge < -0.3 is 5.11 Å². The fourth-order valence-electron chi connectivity index (χ4n) is 4.90. The second kappa shape index (κ2) is 6.04. The molecule has 1 saturated heterocycles. The molecule has 1 N–H and O–H groups in total. The predicted molar refractivity (Wildman–Crippen MR) is 88.0 cm³/mol. The van der Waals surface area contributed by atoms with Gasteiger partial charge in [0, 0.05) is 19.1 Å².